The minimum atomic E-state index is -4.90. The first-order chi connectivity index (χ1) is 30.5. The summed E-state index contributed by atoms with van der Waals surface area (Å²) >= 11 is 0. The van der Waals surface area contributed by atoms with Crippen molar-refractivity contribution in [3.05, 3.63) is 185 Å². The average Bonchev–Trinajstić information content (AvgIpc) is 3.29. The number of aromatic nitrogens is 2. The number of aryl methyl sites for hydroxylation is 2. The molecule has 7 rings (SSSR count). The second-order valence-corrected chi connectivity index (χ2v) is 15.6. The molecular formula is C52H44F4N4O4. The van der Waals surface area contributed by atoms with Crippen molar-refractivity contribution in [3.63, 3.8) is 0 Å². The van der Waals surface area contributed by atoms with Gasteiger partial charge in [0.1, 0.15) is 11.6 Å². The number of hydrogen-bond donors (Lipinski definition) is 0. The van der Waals surface area contributed by atoms with Crippen LogP contribution >= 0.6 is 0 Å². The number of Topliss-reactive ketones (excluding diaryl/α,β-unsaturated/α-hetero) is 1. The molecule has 324 valence electrons. The van der Waals surface area contributed by atoms with Gasteiger partial charge in [-0.3, -0.25) is 24.4 Å². The summed E-state index contributed by atoms with van der Waals surface area (Å²) < 4.78 is 63.0. The van der Waals surface area contributed by atoms with E-state index in [0.29, 0.717) is 28.5 Å². The van der Waals surface area contributed by atoms with Crippen LogP contribution in [0.3, 0.4) is 0 Å². The molecule has 0 saturated carbocycles. The summed E-state index contributed by atoms with van der Waals surface area (Å²) in [7, 11) is 1.46. The van der Waals surface area contributed by atoms with E-state index in [2.05, 4.69) is 9.97 Å². The van der Waals surface area contributed by atoms with Gasteiger partial charge in [0.05, 0.1) is 35.9 Å². The Morgan fingerprint density at radius 1 is 0.594 bits per heavy atom. The fourth-order valence-corrected chi connectivity index (χ4v) is 7.53. The van der Waals surface area contributed by atoms with Crippen LogP contribution in [0.1, 0.15) is 71.0 Å². The SMILES string of the molecule is COc1cc(N(C(=O)C(C)c2cc(F)cc(C(F)(F)F)c2)N(C(=O)C(C)c2cccc(-c3ccc(C(C)=O)cc3)c2)c2ccc(-c3ccnc(C)c3)cc2)ccc1-c1ccnc(C)c1. The number of methoxy groups -OCH3 is 1. The van der Waals surface area contributed by atoms with Crippen molar-refractivity contribution in [2.75, 3.05) is 17.1 Å². The molecule has 0 bridgehead atoms. The topological polar surface area (TPSA) is 92.7 Å². The maximum Gasteiger partial charge on any atom is 0.416 e. The van der Waals surface area contributed by atoms with Gasteiger partial charge in [-0.05, 0) is 140 Å². The Labute approximate surface area is 368 Å². The van der Waals surface area contributed by atoms with Crippen molar-refractivity contribution < 1.29 is 36.7 Å². The number of ketones is 1. The lowest BCUT2D eigenvalue weighted by atomic mass is 9.94. The van der Waals surface area contributed by atoms with Crippen molar-refractivity contribution in [3.8, 4) is 39.1 Å². The second-order valence-electron chi connectivity index (χ2n) is 15.6. The maximum atomic E-state index is 15.4. The van der Waals surface area contributed by atoms with Crippen molar-refractivity contribution in [2.24, 2.45) is 0 Å². The van der Waals surface area contributed by atoms with Gasteiger partial charge < -0.3 is 4.74 Å². The molecule has 64 heavy (non-hydrogen) atoms. The molecule has 7 aromatic rings. The molecule has 2 aromatic heterocycles. The zero-order valence-electron chi connectivity index (χ0n) is 35.9. The highest BCUT2D eigenvalue weighted by molar-refractivity contribution is 6.10. The molecule has 0 aliphatic heterocycles. The summed E-state index contributed by atoms with van der Waals surface area (Å²) in [6.07, 6.45) is -1.56. The zero-order valence-corrected chi connectivity index (χ0v) is 35.9. The number of rotatable bonds is 11. The van der Waals surface area contributed by atoms with Crippen molar-refractivity contribution >= 4 is 29.0 Å². The molecular weight excluding hydrogens is 821 g/mol. The molecule has 0 fully saturated rings. The highest BCUT2D eigenvalue weighted by Gasteiger charge is 2.38. The van der Waals surface area contributed by atoms with Crippen molar-refractivity contribution in [2.45, 2.75) is 52.6 Å². The molecule has 0 aliphatic rings. The Bertz CT molecular complexity index is 2860. The summed E-state index contributed by atoms with van der Waals surface area (Å²) in [4.78, 5) is 51.3. The summed E-state index contributed by atoms with van der Waals surface area (Å²) in [5, 5.41) is 2.34. The Morgan fingerprint density at radius 3 is 1.73 bits per heavy atom. The van der Waals surface area contributed by atoms with Gasteiger partial charge in [0.2, 0.25) is 0 Å². The molecule has 0 spiro atoms. The minimum absolute atomic E-state index is 0.0742. The van der Waals surface area contributed by atoms with Crippen LogP contribution in [0.2, 0.25) is 0 Å². The Balaban J connectivity index is 1.41. The van der Waals surface area contributed by atoms with E-state index in [9.17, 15) is 22.4 Å². The number of alkyl halides is 3. The number of amides is 2. The average molecular weight is 865 g/mol. The third-order valence-corrected chi connectivity index (χ3v) is 11.1. The molecule has 0 saturated heterocycles. The lowest BCUT2D eigenvalue weighted by Crippen LogP contribution is -2.53. The lowest BCUT2D eigenvalue weighted by Gasteiger charge is -2.38. The standard InChI is InChI=1S/C52H44F4N4O4/c1-31-24-41(20-22-57-31)38-14-16-46(17-15-38)59(50(62)33(3)39-8-7-9-40(26-39)37-12-10-36(11-13-37)35(5)61)60(51(63)34(4)43-27-44(52(54,55)56)29-45(53)28-43)47-18-19-48(49(30-47)64-6)42-21-23-58-32(2)25-42/h7-30,33-34H,1-6H3. The van der Waals surface area contributed by atoms with Gasteiger partial charge in [-0.15, -0.1) is 0 Å². The summed E-state index contributed by atoms with van der Waals surface area (Å²) in [5.74, 6) is -4.65. The van der Waals surface area contributed by atoms with E-state index in [1.807, 2.05) is 56.3 Å². The Morgan fingerprint density at radius 2 is 1.14 bits per heavy atom. The van der Waals surface area contributed by atoms with Crippen LogP contribution in [0.15, 0.2) is 146 Å². The lowest BCUT2D eigenvalue weighted by molar-refractivity contribution is -0.138. The van der Waals surface area contributed by atoms with E-state index in [1.165, 1.54) is 26.0 Å². The van der Waals surface area contributed by atoms with E-state index < -0.39 is 41.2 Å². The number of nitrogens with zero attached hydrogens (tertiary/aromatic N) is 4. The number of ether oxygens (including phenoxy) is 1. The first-order valence-electron chi connectivity index (χ1n) is 20.4. The van der Waals surface area contributed by atoms with Crippen LogP contribution in [-0.2, 0) is 15.8 Å². The van der Waals surface area contributed by atoms with Gasteiger partial charge in [0.25, 0.3) is 11.8 Å². The van der Waals surface area contributed by atoms with Crippen LogP contribution in [0.5, 0.6) is 5.75 Å². The van der Waals surface area contributed by atoms with Gasteiger partial charge in [0, 0.05) is 41.0 Å². The second kappa shape index (κ2) is 18.5. The van der Waals surface area contributed by atoms with Gasteiger partial charge in [0.15, 0.2) is 5.78 Å². The first kappa shape index (κ1) is 44.6. The molecule has 0 aliphatic carbocycles. The molecule has 5 aromatic carbocycles. The summed E-state index contributed by atoms with van der Waals surface area (Å²) in [6, 6.07) is 35.7. The number of halogens is 4. The third kappa shape index (κ3) is 9.61. The van der Waals surface area contributed by atoms with Crippen LogP contribution in [0.25, 0.3) is 33.4 Å². The Kier molecular flexibility index (Phi) is 12.9. The van der Waals surface area contributed by atoms with Gasteiger partial charge in [-0.25, -0.2) is 14.4 Å². The molecule has 2 atom stereocenters. The van der Waals surface area contributed by atoms with E-state index in [1.54, 1.807) is 92.1 Å². The minimum Gasteiger partial charge on any atom is -0.496 e. The van der Waals surface area contributed by atoms with E-state index in [0.717, 1.165) is 56.3 Å². The largest absolute Gasteiger partial charge is 0.496 e. The molecule has 8 nitrogen and oxygen atoms in total. The fraction of sp³-hybridized carbons (Fsp3) is 0.173. The number of pyridine rings is 2. The number of hydrogen-bond acceptors (Lipinski definition) is 6. The van der Waals surface area contributed by atoms with Crippen LogP contribution in [0.4, 0.5) is 28.9 Å². The Hall–Kier alpha value is -7.47. The molecule has 2 heterocycles. The molecule has 2 unspecified atom stereocenters. The fourth-order valence-electron chi connectivity index (χ4n) is 7.53. The van der Waals surface area contributed by atoms with E-state index in [4.69, 9.17) is 4.74 Å². The van der Waals surface area contributed by atoms with Crippen LogP contribution in [-0.4, -0.2) is 34.7 Å². The van der Waals surface area contributed by atoms with Crippen molar-refractivity contribution in [1.29, 1.82) is 0 Å². The quantitative estimate of drug-likeness (QED) is 0.0730. The highest BCUT2D eigenvalue weighted by atomic mass is 19.4. The van der Waals surface area contributed by atoms with Gasteiger partial charge in [-0.2, -0.15) is 13.2 Å². The zero-order chi connectivity index (χ0) is 45.9. The third-order valence-electron chi connectivity index (χ3n) is 11.1. The van der Waals surface area contributed by atoms with Crippen LogP contribution < -0.4 is 14.8 Å². The number of benzene rings is 5. The maximum absolute atomic E-state index is 15.4. The van der Waals surface area contributed by atoms with Gasteiger partial charge >= 0.3 is 6.18 Å². The van der Waals surface area contributed by atoms with E-state index >= 15 is 9.59 Å². The molecule has 12 heteroatoms. The van der Waals surface area contributed by atoms with Crippen LogP contribution in [0, 0.1) is 19.7 Å². The van der Waals surface area contributed by atoms with E-state index in [-0.39, 0.29) is 22.7 Å². The predicted molar refractivity (Wildman–Crippen MR) is 240 cm³/mol. The number of anilines is 2. The summed E-state index contributed by atoms with van der Waals surface area (Å²) in [6.45, 7) is 8.27. The molecule has 2 amide bonds. The number of hydrazine groups is 1. The molecule has 0 N–H and O–H groups in total. The smallest absolute Gasteiger partial charge is 0.416 e. The first-order valence-corrected chi connectivity index (χ1v) is 20.4. The monoisotopic (exact) mass is 864 g/mol. The normalized spacial score (nSPS) is 12.3. The van der Waals surface area contributed by atoms with Gasteiger partial charge in [-0.1, -0.05) is 60.7 Å². The van der Waals surface area contributed by atoms with Crippen molar-refractivity contribution in [1.82, 2.24) is 9.97 Å². The molecule has 0 radical (unpaired) electrons. The number of carbonyl (C=O) groups is 3. The predicted octanol–water partition coefficient (Wildman–Crippen LogP) is 12.4. The highest BCUT2D eigenvalue weighted by Crippen LogP contribution is 2.39. The number of carbonyl (C=O) groups excluding carboxylic acids is 3. The summed E-state index contributed by atoms with van der Waals surface area (Å²) in [5.41, 5.74) is 6.22.